The Bertz CT molecular complexity index is 1990. The van der Waals surface area contributed by atoms with Gasteiger partial charge in [0.15, 0.2) is 12.3 Å². The van der Waals surface area contributed by atoms with E-state index in [0.717, 1.165) is 12.0 Å². The van der Waals surface area contributed by atoms with Crippen molar-refractivity contribution in [2.45, 2.75) is 77.5 Å². The molecule has 2 heterocycles. The smallest absolute Gasteiger partial charge is 0.341 e. The Balaban J connectivity index is 0.000000292. The van der Waals surface area contributed by atoms with Crippen LogP contribution in [-0.2, 0) is 38.7 Å². The largest absolute Gasteiger partial charge is 0.508 e. The van der Waals surface area contributed by atoms with Gasteiger partial charge in [0.1, 0.15) is 28.9 Å². The second-order valence-corrected chi connectivity index (χ2v) is 12.4. The Hall–Kier alpha value is -6.01. The van der Waals surface area contributed by atoms with Gasteiger partial charge in [0.05, 0.1) is 12.6 Å². The highest BCUT2D eigenvalue weighted by atomic mass is 16.5. The van der Waals surface area contributed by atoms with Crippen LogP contribution in [0.1, 0.15) is 51.5 Å². The molecule has 54 heavy (non-hydrogen) atoms. The van der Waals surface area contributed by atoms with E-state index in [0.29, 0.717) is 73.6 Å². The summed E-state index contributed by atoms with van der Waals surface area (Å²) in [5.74, 6) is -1.72. The lowest BCUT2D eigenvalue weighted by Gasteiger charge is -2.20. The molecule has 292 valence electrons. The van der Waals surface area contributed by atoms with E-state index in [1.54, 1.807) is 36.4 Å². The molecule has 18 nitrogen and oxygen atoms in total. The molecule has 0 aliphatic carbocycles. The number of aliphatic carboxylic acids is 1. The summed E-state index contributed by atoms with van der Waals surface area (Å²) in [6.07, 6.45) is 3.38. The van der Waals surface area contributed by atoms with E-state index in [-0.39, 0.29) is 30.0 Å². The maximum atomic E-state index is 12.7. The third-order valence-corrected chi connectivity index (χ3v) is 7.99. The molecule has 0 bridgehead atoms. The van der Waals surface area contributed by atoms with E-state index in [1.807, 2.05) is 13.8 Å². The number of primary amides is 1. The zero-order valence-electron chi connectivity index (χ0n) is 30.4. The number of nitrogens with two attached hydrogens (primary N) is 3. The summed E-state index contributed by atoms with van der Waals surface area (Å²) < 4.78 is 7.88. The number of phenolic OH excluding ortho intramolecular Hbond substituents is 1. The predicted octanol–water partition coefficient (Wildman–Crippen LogP) is 0.314. The fourth-order valence-electron chi connectivity index (χ4n) is 5.32. The summed E-state index contributed by atoms with van der Waals surface area (Å²) in [6.45, 7) is 4.42. The molecule has 0 aliphatic rings. The second-order valence-electron chi connectivity index (χ2n) is 12.4. The molecule has 0 saturated carbocycles. The van der Waals surface area contributed by atoms with Crippen LogP contribution in [0.3, 0.4) is 0 Å². The Labute approximate surface area is 310 Å². The molecule has 11 N–H and O–H groups in total. The van der Waals surface area contributed by atoms with Crippen molar-refractivity contribution >= 4 is 34.9 Å². The SMILES string of the molecule is CCCn1c(=O)c2[nH]c(-c3ccc(OCC(=O)O)cc3)nc2n(CCC)c1=O.NCCCC[C@@H](NC(=O)[C@H](N)Cc1ccc(O)cc1)C(=O)NCC(N)=O. The van der Waals surface area contributed by atoms with Gasteiger partial charge in [-0.25, -0.2) is 14.6 Å². The lowest BCUT2D eigenvalue weighted by molar-refractivity contribution is -0.139. The number of carboxylic acids is 1. The molecule has 0 saturated heterocycles. The number of unbranched alkanes of at least 4 members (excludes halogenated alkanes) is 1. The highest BCUT2D eigenvalue weighted by molar-refractivity contribution is 5.91. The summed E-state index contributed by atoms with van der Waals surface area (Å²) in [6, 6.07) is 11.3. The van der Waals surface area contributed by atoms with Gasteiger partial charge in [0, 0.05) is 18.7 Å². The van der Waals surface area contributed by atoms with Crippen LogP contribution >= 0.6 is 0 Å². The van der Waals surface area contributed by atoms with E-state index in [2.05, 4.69) is 20.6 Å². The monoisotopic (exact) mass is 751 g/mol. The Morgan fingerprint density at radius 3 is 2.19 bits per heavy atom. The molecule has 18 heteroatoms. The summed E-state index contributed by atoms with van der Waals surface area (Å²) in [4.78, 5) is 78.8. The van der Waals surface area contributed by atoms with Crippen LogP contribution in [0.5, 0.6) is 11.5 Å². The van der Waals surface area contributed by atoms with Gasteiger partial charge < -0.3 is 47.8 Å². The number of fused-ring (bicyclic) bond motifs is 1. The van der Waals surface area contributed by atoms with Crippen molar-refractivity contribution in [3.05, 3.63) is 74.9 Å². The third-order valence-electron chi connectivity index (χ3n) is 7.99. The topological polar surface area (TPSA) is 293 Å². The average molecular weight is 752 g/mol. The number of benzene rings is 2. The quantitative estimate of drug-likeness (QED) is 0.0601. The number of rotatable bonds is 19. The van der Waals surface area contributed by atoms with E-state index < -0.39 is 42.4 Å². The molecule has 0 fully saturated rings. The molecule has 0 unspecified atom stereocenters. The van der Waals surface area contributed by atoms with Crippen LogP contribution in [0.2, 0.25) is 0 Å². The number of H-pyrrole nitrogens is 1. The minimum atomic E-state index is -1.06. The predicted molar refractivity (Wildman–Crippen MR) is 201 cm³/mol. The minimum Gasteiger partial charge on any atom is -0.508 e. The number of amides is 3. The molecule has 2 aromatic heterocycles. The second kappa shape index (κ2) is 20.9. The van der Waals surface area contributed by atoms with Crippen LogP contribution in [0.4, 0.5) is 0 Å². The number of aryl methyl sites for hydroxylation is 1. The number of aromatic hydroxyl groups is 1. The van der Waals surface area contributed by atoms with E-state index in [9.17, 15) is 33.9 Å². The molecule has 2 aromatic carbocycles. The normalized spacial score (nSPS) is 11.9. The van der Waals surface area contributed by atoms with Gasteiger partial charge in [-0.1, -0.05) is 26.0 Å². The zero-order valence-corrected chi connectivity index (χ0v) is 30.4. The first-order valence-electron chi connectivity index (χ1n) is 17.6. The van der Waals surface area contributed by atoms with Crippen molar-refractivity contribution < 1.29 is 34.1 Å². The Morgan fingerprint density at radius 2 is 1.59 bits per heavy atom. The van der Waals surface area contributed by atoms with Gasteiger partial charge in [-0.3, -0.25) is 28.3 Å². The van der Waals surface area contributed by atoms with Crippen molar-refractivity contribution in [3.8, 4) is 22.9 Å². The van der Waals surface area contributed by atoms with Crippen LogP contribution in [0, 0.1) is 0 Å². The van der Waals surface area contributed by atoms with Crippen LogP contribution in [0.25, 0.3) is 22.6 Å². The first kappa shape index (κ1) is 42.4. The molecule has 0 spiro atoms. The molecule has 0 radical (unpaired) electrons. The fraction of sp³-hybridized carbons (Fsp3) is 0.417. The van der Waals surface area contributed by atoms with Crippen LogP contribution in [-0.4, -0.2) is 84.8 Å². The number of nitrogens with one attached hydrogen (secondary N) is 3. The van der Waals surface area contributed by atoms with Crippen LogP contribution < -0.4 is 43.8 Å². The molecular weight excluding hydrogens is 702 g/mol. The molecule has 2 atom stereocenters. The number of aromatic nitrogens is 4. The van der Waals surface area contributed by atoms with E-state index in [1.165, 1.54) is 21.3 Å². The number of carboxylic acid groups (broad SMARTS) is 1. The lowest BCUT2D eigenvalue weighted by atomic mass is 10.0. The highest BCUT2D eigenvalue weighted by Crippen LogP contribution is 2.22. The third kappa shape index (κ3) is 12.3. The molecular formula is C36H49N9O9. The van der Waals surface area contributed by atoms with Gasteiger partial charge in [-0.15, -0.1) is 0 Å². The number of aromatic amines is 1. The number of nitrogens with zero attached hydrogens (tertiary/aromatic N) is 3. The van der Waals surface area contributed by atoms with Crippen molar-refractivity contribution in [1.82, 2.24) is 29.7 Å². The van der Waals surface area contributed by atoms with Crippen molar-refractivity contribution in [1.29, 1.82) is 0 Å². The number of phenols is 1. The summed E-state index contributed by atoms with van der Waals surface area (Å²) >= 11 is 0. The number of hydrogen-bond donors (Lipinski definition) is 8. The van der Waals surface area contributed by atoms with E-state index >= 15 is 0 Å². The minimum absolute atomic E-state index is 0.123. The van der Waals surface area contributed by atoms with Gasteiger partial charge in [0.2, 0.25) is 17.7 Å². The number of ether oxygens (including phenoxy) is 1. The fourth-order valence-corrected chi connectivity index (χ4v) is 5.32. The zero-order chi connectivity index (χ0) is 39.8. The summed E-state index contributed by atoms with van der Waals surface area (Å²) in [5, 5.41) is 22.9. The number of carbonyl (C=O) groups is 4. The average Bonchev–Trinajstić information content (AvgIpc) is 3.60. The first-order chi connectivity index (χ1) is 25.8. The maximum absolute atomic E-state index is 12.7. The van der Waals surface area contributed by atoms with Gasteiger partial charge >= 0.3 is 11.7 Å². The molecule has 0 aliphatic heterocycles. The molecule has 3 amide bonds. The van der Waals surface area contributed by atoms with Crippen molar-refractivity contribution in [3.63, 3.8) is 0 Å². The van der Waals surface area contributed by atoms with Crippen molar-refractivity contribution in [2.24, 2.45) is 17.2 Å². The Kier molecular flexibility index (Phi) is 16.4. The number of imidazole rings is 1. The van der Waals surface area contributed by atoms with Crippen molar-refractivity contribution in [2.75, 3.05) is 19.7 Å². The first-order valence-corrected chi connectivity index (χ1v) is 17.6. The van der Waals surface area contributed by atoms with Crippen LogP contribution in [0.15, 0.2) is 58.1 Å². The number of hydrogen-bond acceptors (Lipinski definition) is 11. The summed E-state index contributed by atoms with van der Waals surface area (Å²) in [7, 11) is 0. The standard InChI is InChI=1S/C19H22N4O5.C17H27N5O4/c1-3-9-22-17-15(18(26)23(10-4-2)19(22)27)20-16(21-17)12-5-7-13(8-6-12)28-11-14(24)25;18-8-2-1-3-14(17(26)21-10-15(20)24)22-16(25)13(19)9-11-4-6-12(23)7-5-11/h5-8H,3-4,9-11H2,1-2H3,(H,20,21)(H,24,25);4-7,13-14,23H,1-3,8-10,18-19H2,(H2,20,24)(H,21,26)(H,22,25)/t;13-,14-/m.1/s1. The number of carbonyl (C=O) groups excluding carboxylic acids is 3. The molecule has 4 aromatic rings. The van der Waals surface area contributed by atoms with Gasteiger partial charge in [-0.05, 0) is 87.0 Å². The Morgan fingerprint density at radius 1 is 0.944 bits per heavy atom. The lowest BCUT2D eigenvalue weighted by Crippen LogP contribution is -2.53. The van der Waals surface area contributed by atoms with E-state index in [4.69, 9.17) is 27.0 Å². The summed E-state index contributed by atoms with van der Waals surface area (Å²) in [5.41, 5.74) is 17.7. The van der Waals surface area contributed by atoms with Gasteiger partial charge in [0.25, 0.3) is 5.56 Å². The highest BCUT2D eigenvalue weighted by Gasteiger charge is 2.24. The van der Waals surface area contributed by atoms with Gasteiger partial charge in [-0.2, -0.15) is 0 Å². The maximum Gasteiger partial charge on any atom is 0.341 e. The molecule has 4 rings (SSSR count).